The summed E-state index contributed by atoms with van der Waals surface area (Å²) in [6, 6.07) is 11.2. The molecule has 0 spiro atoms. The molecule has 0 amide bonds. The average Bonchev–Trinajstić information content (AvgIpc) is 3.52. The van der Waals surface area contributed by atoms with E-state index in [-0.39, 0.29) is 24.0 Å². The van der Waals surface area contributed by atoms with E-state index < -0.39 is 0 Å². The van der Waals surface area contributed by atoms with E-state index in [2.05, 4.69) is 64.8 Å². The molecule has 1 aliphatic rings. The number of methoxy groups -OCH3 is 1. The predicted octanol–water partition coefficient (Wildman–Crippen LogP) is 3.27. The molecule has 0 radical (unpaired) electrons. The molecule has 7 nitrogen and oxygen atoms in total. The minimum Gasteiger partial charge on any atom is -0.383 e. The molecular weight excluding hydrogens is 503 g/mol. The fourth-order valence-corrected chi connectivity index (χ4v) is 3.67. The highest BCUT2D eigenvalue weighted by Crippen LogP contribution is 2.26. The van der Waals surface area contributed by atoms with Crippen molar-refractivity contribution in [1.82, 2.24) is 25.3 Å². The molecule has 172 valence electrons. The number of benzene rings is 1. The van der Waals surface area contributed by atoms with Crippen LogP contribution in [0.4, 0.5) is 0 Å². The van der Waals surface area contributed by atoms with Gasteiger partial charge in [-0.2, -0.15) is 5.10 Å². The third-order valence-corrected chi connectivity index (χ3v) is 5.32. The standard InChI is InChI=1S/C23H36N6O.HI/c1-5-24-23(25-12-13-28(14-15-30-4)21-10-11-21)26-17-20-8-6-7-9-22(20)29-19(3)16-18(2)27-29;/h6-9,16,21H,5,10-15,17H2,1-4H3,(H2,24,25,26);1H. The number of nitrogens with one attached hydrogen (secondary N) is 2. The van der Waals surface area contributed by atoms with Crippen molar-refractivity contribution in [2.75, 3.05) is 39.9 Å². The number of aryl methyl sites for hydroxylation is 2. The minimum absolute atomic E-state index is 0. The number of para-hydroxylation sites is 1. The Kier molecular flexibility index (Phi) is 10.8. The second kappa shape index (κ2) is 13.0. The highest BCUT2D eigenvalue weighted by Gasteiger charge is 2.28. The van der Waals surface area contributed by atoms with Crippen LogP contribution < -0.4 is 10.6 Å². The van der Waals surface area contributed by atoms with Gasteiger partial charge in [0.25, 0.3) is 0 Å². The van der Waals surface area contributed by atoms with Gasteiger partial charge in [-0.15, -0.1) is 24.0 Å². The first kappa shape index (κ1) is 25.6. The lowest BCUT2D eigenvalue weighted by molar-refractivity contribution is 0.144. The average molecular weight is 540 g/mol. The zero-order valence-electron chi connectivity index (χ0n) is 19.2. The van der Waals surface area contributed by atoms with Crippen molar-refractivity contribution in [3.63, 3.8) is 0 Å². The summed E-state index contributed by atoms with van der Waals surface area (Å²) in [7, 11) is 1.77. The van der Waals surface area contributed by atoms with Gasteiger partial charge in [-0.25, -0.2) is 9.67 Å². The van der Waals surface area contributed by atoms with Gasteiger partial charge in [0.05, 0.1) is 24.5 Å². The predicted molar refractivity (Wildman–Crippen MR) is 138 cm³/mol. The van der Waals surface area contributed by atoms with E-state index in [1.165, 1.54) is 12.8 Å². The highest BCUT2D eigenvalue weighted by atomic mass is 127. The summed E-state index contributed by atoms with van der Waals surface area (Å²) in [4.78, 5) is 7.35. The zero-order chi connectivity index (χ0) is 21.3. The summed E-state index contributed by atoms with van der Waals surface area (Å²) in [5.41, 5.74) is 4.39. The van der Waals surface area contributed by atoms with Crippen LogP contribution in [0, 0.1) is 13.8 Å². The molecule has 1 aliphatic carbocycles. The van der Waals surface area contributed by atoms with E-state index in [9.17, 15) is 0 Å². The van der Waals surface area contributed by atoms with Crippen molar-refractivity contribution < 1.29 is 4.74 Å². The van der Waals surface area contributed by atoms with Crippen molar-refractivity contribution in [2.24, 2.45) is 4.99 Å². The van der Waals surface area contributed by atoms with Crippen LogP contribution in [0.1, 0.15) is 36.7 Å². The van der Waals surface area contributed by atoms with Crippen LogP contribution in [0.15, 0.2) is 35.3 Å². The topological polar surface area (TPSA) is 66.7 Å². The van der Waals surface area contributed by atoms with Gasteiger partial charge in [0.2, 0.25) is 0 Å². The van der Waals surface area contributed by atoms with Gasteiger partial charge in [-0.05, 0) is 51.3 Å². The lowest BCUT2D eigenvalue weighted by Gasteiger charge is -2.22. The molecule has 1 saturated carbocycles. The first-order valence-electron chi connectivity index (χ1n) is 11.0. The van der Waals surface area contributed by atoms with Gasteiger partial charge < -0.3 is 15.4 Å². The van der Waals surface area contributed by atoms with Gasteiger partial charge in [-0.3, -0.25) is 4.90 Å². The van der Waals surface area contributed by atoms with Crippen molar-refractivity contribution in [1.29, 1.82) is 0 Å². The number of ether oxygens (including phenoxy) is 1. The lowest BCUT2D eigenvalue weighted by atomic mass is 10.2. The molecule has 1 aromatic carbocycles. The molecule has 2 N–H and O–H groups in total. The normalized spacial score (nSPS) is 13.9. The Bertz CT molecular complexity index is 833. The number of aromatic nitrogens is 2. The first-order valence-corrected chi connectivity index (χ1v) is 11.0. The molecule has 0 atom stereocenters. The van der Waals surface area contributed by atoms with Crippen LogP contribution in [0.25, 0.3) is 5.69 Å². The Labute approximate surface area is 203 Å². The monoisotopic (exact) mass is 540 g/mol. The number of aliphatic imine (C=N–C) groups is 1. The molecule has 1 fully saturated rings. The van der Waals surface area contributed by atoms with E-state index in [0.717, 1.165) is 67.4 Å². The Morgan fingerprint density at radius 3 is 2.65 bits per heavy atom. The number of guanidine groups is 1. The van der Waals surface area contributed by atoms with E-state index in [1.807, 2.05) is 11.6 Å². The summed E-state index contributed by atoms with van der Waals surface area (Å²) >= 11 is 0. The van der Waals surface area contributed by atoms with Crippen molar-refractivity contribution >= 4 is 29.9 Å². The Balaban J connectivity index is 0.00000341. The number of halogens is 1. The fourth-order valence-electron chi connectivity index (χ4n) is 3.67. The van der Waals surface area contributed by atoms with Gasteiger partial charge in [0, 0.05) is 45.0 Å². The van der Waals surface area contributed by atoms with Crippen LogP contribution in [-0.4, -0.2) is 66.6 Å². The Morgan fingerprint density at radius 1 is 1.23 bits per heavy atom. The maximum Gasteiger partial charge on any atom is 0.191 e. The molecule has 1 aromatic heterocycles. The van der Waals surface area contributed by atoms with Gasteiger partial charge in [-0.1, -0.05) is 18.2 Å². The molecular formula is C23H37IN6O. The number of rotatable bonds is 11. The molecule has 31 heavy (non-hydrogen) atoms. The van der Waals surface area contributed by atoms with Crippen LogP contribution in [-0.2, 0) is 11.3 Å². The van der Waals surface area contributed by atoms with E-state index >= 15 is 0 Å². The second-order valence-corrected chi connectivity index (χ2v) is 7.85. The summed E-state index contributed by atoms with van der Waals surface area (Å²) in [5.74, 6) is 0.850. The summed E-state index contributed by atoms with van der Waals surface area (Å²) < 4.78 is 7.26. The molecule has 2 aromatic rings. The summed E-state index contributed by atoms with van der Waals surface area (Å²) in [6.07, 6.45) is 2.61. The molecule has 0 bridgehead atoms. The number of hydrogen-bond donors (Lipinski definition) is 2. The molecule has 0 aliphatic heterocycles. The minimum atomic E-state index is 0. The molecule has 0 unspecified atom stereocenters. The molecule has 1 heterocycles. The van der Waals surface area contributed by atoms with Crippen LogP contribution >= 0.6 is 24.0 Å². The Hall–Kier alpha value is -1.65. The third kappa shape index (κ3) is 7.76. The zero-order valence-corrected chi connectivity index (χ0v) is 21.6. The van der Waals surface area contributed by atoms with E-state index in [1.54, 1.807) is 7.11 Å². The van der Waals surface area contributed by atoms with Crippen LogP contribution in [0.5, 0.6) is 0 Å². The van der Waals surface area contributed by atoms with Crippen LogP contribution in [0.2, 0.25) is 0 Å². The largest absolute Gasteiger partial charge is 0.383 e. The SMILES string of the molecule is CCNC(=NCc1ccccc1-n1nc(C)cc1C)NCCN(CCOC)C1CC1.I. The van der Waals surface area contributed by atoms with Gasteiger partial charge in [0.1, 0.15) is 0 Å². The quantitative estimate of drug-likeness (QED) is 0.260. The first-order chi connectivity index (χ1) is 14.6. The number of hydrogen-bond acceptors (Lipinski definition) is 4. The van der Waals surface area contributed by atoms with Crippen molar-refractivity contribution in [3.8, 4) is 5.69 Å². The second-order valence-electron chi connectivity index (χ2n) is 7.85. The summed E-state index contributed by atoms with van der Waals surface area (Å²) in [5, 5.41) is 11.5. The molecule has 0 saturated heterocycles. The summed E-state index contributed by atoms with van der Waals surface area (Å²) in [6.45, 7) is 11.3. The van der Waals surface area contributed by atoms with E-state index in [4.69, 9.17) is 9.73 Å². The Morgan fingerprint density at radius 2 is 2.00 bits per heavy atom. The van der Waals surface area contributed by atoms with E-state index in [0.29, 0.717) is 6.54 Å². The third-order valence-electron chi connectivity index (χ3n) is 5.32. The number of nitrogens with zero attached hydrogens (tertiary/aromatic N) is 4. The van der Waals surface area contributed by atoms with Crippen molar-refractivity contribution in [2.45, 2.75) is 46.2 Å². The maximum absolute atomic E-state index is 5.26. The van der Waals surface area contributed by atoms with Gasteiger partial charge >= 0.3 is 0 Å². The lowest BCUT2D eigenvalue weighted by Crippen LogP contribution is -2.42. The fraction of sp³-hybridized carbons (Fsp3) is 0.565. The molecule has 3 rings (SSSR count). The highest BCUT2D eigenvalue weighted by molar-refractivity contribution is 14.0. The van der Waals surface area contributed by atoms with Gasteiger partial charge in [0.15, 0.2) is 5.96 Å². The maximum atomic E-state index is 5.26. The molecule has 8 heteroatoms. The van der Waals surface area contributed by atoms with Crippen LogP contribution in [0.3, 0.4) is 0 Å². The van der Waals surface area contributed by atoms with Crippen molar-refractivity contribution in [3.05, 3.63) is 47.3 Å². The smallest absolute Gasteiger partial charge is 0.191 e.